The lowest BCUT2D eigenvalue weighted by Gasteiger charge is -2.23. The van der Waals surface area contributed by atoms with E-state index in [1.807, 2.05) is 0 Å². The van der Waals surface area contributed by atoms with Crippen molar-refractivity contribution in [3.63, 3.8) is 0 Å². The minimum absolute atomic E-state index is 0.0205. The van der Waals surface area contributed by atoms with Crippen LogP contribution in [0.2, 0.25) is 0 Å². The smallest absolute Gasteiger partial charge is 0.230 e. The molecule has 0 radical (unpaired) electrons. The Balaban J connectivity index is 1.61. The van der Waals surface area contributed by atoms with Crippen LogP contribution in [0.15, 0.2) is 0 Å². The largest absolute Gasteiger partial charge is 0.370 e. The van der Waals surface area contributed by atoms with Crippen molar-refractivity contribution < 1.29 is 14.4 Å². The van der Waals surface area contributed by atoms with Crippen LogP contribution in [-0.4, -0.2) is 38.8 Å². The molecule has 2 aliphatic rings. The number of ether oxygens (including phenoxy) is 1. The summed E-state index contributed by atoms with van der Waals surface area (Å²) in [6.45, 7) is 6.60. The minimum Gasteiger partial charge on any atom is -0.370 e. The second kappa shape index (κ2) is 7.43. The number of nitrogens with one attached hydrogen (secondary N) is 2. The zero-order valence-electron chi connectivity index (χ0n) is 13.6. The maximum Gasteiger partial charge on any atom is 0.230 e. The number of nitriles is 1. The van der Waals surface area contributed by atoms with E-state index < -0.39 is 0 Å². The van der Waals surface area contributed by atoms with E-state index in [2.05, 4.69) is 18.3 Å². The van der Waals surface area contributed by atoms with Crippen LogP contribution in [0.5, 0.6) is 0 Å². The summed E-state index contributed by atoms with van der Waals surface area (Å²) < 4.78 is 5.33. The van der Waals surface area contributed by atoms with Gasteiger partial charge in [0.1, 0.15) is 24.2 Å². The molecule has 6 heteroatoms. The van der Waals surface area contributed by atoms with Gasteiger partial charge in [0.2, 0.25) is 5.91 Å². The third-order valence-electron chi connectivity index (χ3n) is 4.78. The Morgan fingerprint density at radius 2 is 2.26 bits per heavy atom. The van der Waals surface area contributed by atoms with Crippen molar-refractivity contribution in [1.82, 2.24) is 0 Å². The fraction of sp³-hybridized carbons (Fsp3) is 0.647. The Morgan fingerprint density at radius 3 is 3.00 bits per heavy atom. The minimum atomic E-state index is 0.0205. The summed E-state index contributed by atoms with van der Waals surface area (Å²) in [7, 11) is 0. The third kappa shape index (κ3) is 3.92. The second-order valence-corrected chi connectivity index (χ2v) is 7.68. The lowest BCUT2D eigenvalue weighted by atomic mass is 9.89. The summed E-state index contributed by atoms with van der Waals surface area (Å²) in [5, 5.41) is 13.2. The molecule has 1 aliphatic carbocycles. The van der Waals surface area contributed by atoms with Crippen LogP contribution < -0.4 is 10.2 Å². The molecule has 0 saturated carbocycles. The number of morpholine rings is 1. The van der Waals surface area contributed by atoms with E-state index in [1.165, 1.54) is 15.3 Å². The number of quaternary nitrogens is 1. The molecule has 5 nitrogen and oxygen atoms in total. The van der Waals surface area contributed by atoms with Crippen LogP contribution in [-0.2, 0) is 22.4 Å². The molecule has 1 unspecified atom stereocenters. The standard InChI is InChI=1S/C17H23N3O2S/c1-12-2-3-13-14(11-18)17(23-15(13)10-12)19-16(21)4-5-20-6-8-22-9-7-20/h12H,2-10H2,1H3,(H,19,21)/p+1. The van der Waals surface area contributed by atoms with Gasteiger partial charge in [0.15, 0.2) is 0 Å². The zero-order chi connectivity index (χ0) is 16.2. The summed E-state index contributed by atoms with van der Waals surface area (Å²) in [4.78, 5) is 15.0. The van der Waals surface area contributed by atoms with Gasteiger partial charge in [-0.25, -0.2) is 0 Å². The molecule has 1 aliphatic heterocycles. The van der Waals surface area contributed by atoms with Crippen molar-refractivity contribution in [2.75, 3.05) is 38.2 Å². The van der Waals surface area contributed by atoms with E-state index in [9.17, 15) is 10.1 Å². The van der Waals surface area contributed by atoms with Gasteiger partial charge in [0, 0.05) is 4.88 Å². The monoisotopic (exact) mass is 334 g/mol. The highest BCUT2D eigenvalue weighted by atomic mass is 32.1. The van der Waals surface area contributed by atoms with Gasteiger partial charge < -0.3 is 15.0 Å². The van der Waals surface area contributed by atoms with Crippen molar-refractivity contribution in [2.24, 2.45) is 5.92 Å². The van der Waals surface area contributed by atoms with Gasteiger partial charge in [0.25, 0.3) is 0 Å². The van der Waals surface area contributed by atoms with E-state index in [0.29, 0.717) is 17.9 Å². The number of carbonyl (C=O) groups is 1. The molecule has 2 N–H and O–H groups in total. The Labute approximate surface area is 141 Å². The highest BCUT2D eigenvalue weighted by Gasteiger charge is 2.25. The van der Waals surface area contributed by atoms with Crippen LogP contribution >= 0.6 is 11.3 Å². The zero-order valence-corrected chi connectivity index (χ0v) is 14.4. The number of thiophene rings is 1. The lowest BCUT2D eigenvalue weighted by Crippen LogP contribution is -3.14. The van der Waals surface area contributed by atoms with Crippen molar-refractivity contribution in [3.05, 3.63) is 16.0 Å². The molecule has 1 atom stereocenters. The maximum atomic E-state index is 12.2. The molecule has 0 aromatic carbocycles. The van der Waals surface area contributed by atoms with E-state index in [0.717, 1.165) is 57.1 Å². The number of fused-ring (bicyclic) bond motifs is 1. The van der Waals surface area contributed by atoms with Gasteiger partial charge in [-0.05, 0) is 30.7 Å². The van der Waals surface area contributed by atoms with Gasteiger partial charge >= 0.3 is 0 Å². The summed E-state index contributed by atoms with van der Waals surface area (Å²) in [6.07, 6.45) is 3.62. The van der Waals surface area contributed by atoms with Gasteiger partial charge in [0.05, 0.1) is 31.7 Å². The molecule has 0 bridgehead atoms. The first kappa shape index (κ1) is 16.4. The molecule has 124 valence electrons. The lowest BCUT2D eigenvalue weighted by molar-refractivity contribution is -0.907. The van der Waals surface area contributed by atoms with Crippen molar-refractivity contribution in [2.45, 2.75) is 32.6 Å². The number of amides is 1. The Kier molecular flexibility index (Phi) is 5.31. The van der Waals surface area contributed by atoms with Crippen LogP contribution in [0, 0.1) is 17.2 Å². The highest BCUT2D eigenvalue weighted by molar-refractivity contribution is 7.16. The highest BCUT2D eigenvalue weighted by Crippen LogP contribution is 2.39. The molecule has 1 amide bonds. The molecule has 1 saturated heterocycles. The first-order valence-corrected chi connectivity index (χ1v) is 9.24. The first-order chi connectivity index (χ1) is 11.2. The Morgan fingerprint density at radius 1 is 1.48 bits per heavy atom. The number of rotatable bonds is 4. The molecule has 1 aromatic heterocycles. The maximum absolute atomic E-state index is 12.2. The van der Waals surface area contributed by atoms with E-state index in [-0.39, 0.29) is 5.91 Å². The van der Waals surface area contributed by atoms with Crippen LogP contribution in [0.1, 0.15) is 35.8 Å². The van der Waals surface area contributed by atoms with Gasteiger partial charge in [-0.3, -0.25) is 4.79 Å². The van der Waals surface area contributed by atoms with Gasteiger partial charge in [-0.2, -0.15) is 5.26 Å². The second-order valence-electron chi connectivity index (χ2n) is 6.58. The molecule has 1 aromatic rings. The average molecular weight is 334 g/mol. The van der Waals surface area contributed by atoms with Crippen molar-refractivity contribution >= 4 is 22.2 Å². The average Bonchev–Trinajstić information content (AvgIpc) is 2.89. The number of hydrogen-bond acceptors (Lipinski definition) is 4. The number of carbonyl (C=O) groups excluding carboxylic acids is 1. The predicted octanol–water partition coefficient (Wildman–Crippen LogP) is 0.988. The molecule has 0 spiro atoms. The molecule has 23 heavy (non-hydrogen) atoms. The van der Waals surface area contributed by atoms with E-state index in [1.54, 1.807) is 11.3 Å². The Hall–Kier alpha value is -1.42. The molecule has 2 heterocycles. The summed E-state index contributed by atoms with van der Waals surface area (Å²) in [6, 6.07) is 2.30. The summed E-state index contributed by atoms with van der Waals surface area (Å²) >= 11 is 1.60. The van der Waals surface area contributed by atoms with Crippen molar-refractivity contribution in [1.29, 1.82) is 5.26 Å². The quantitative estimate of drug-likeness (QED) is 0.863. The molecular weight excluding hydrogens is 310 g/mol. The van der Waals surface area contributed by atoms with Gasteiger partial charge in [-0.15, -0.1) is 11.3 Å². The molecule has 1 fully saturated rings. The summed E-state index contributed by atoms with van der Waals surface area (Å²) in [5.74, 6) is 0.688. The van der Waals surface area contributed by atoms with Crippen molar-refractivity contribution in [3.8, 4) is 6.07 Å². The van der Waals surface area contributed by atoms with Crippen LogP contribution in [0.25, 0.3) is 0 Å². The SMILES string of the molecule is CC1CCc2c(sc(NC(=O)CC[NH+]3CCOCC3)c2C#N)C1. The number of anilines is 1. The Bertz CT molecular complexity index is 614. The fourth-order valence-corrected chi connectivity index (χ4v) is 4.72. The fourth-order valence-electron chi connectivity index (χ4n) is 3.35. The van der Waals surface area contributed by atoms with Crippen LogP contribution in [0.4, 0.5) is 5.00 Å². The van der Waals surface area contributed by atoms with Crippen LogP contribution in [0.3, 0.4) is 0 Å². The normalized spacial score (nSPS) is 21.5. The topological polar surface area (TPSA) is 66.6 Å². The predicted molar refractivity (Wildman–Crippen MR) is 89.9 cm³/mol. The summed E-state index contributed by atoms with van der Waals surface area (Å²) in [5.41, 5.74) is 1.87. The molecule has 3 rings (SSSR count). The van der Waals surface area contributed by atoms with Gasteiger partial charge in [-0.1, -0.05) is 6.92 Å². The van der Waals surface area contributed by atoms with E-state index in [4.69, 9.17) is 4.74 Å². The third-order valence-corrected chi connectivity index (χ3v) is 5.95. The number of hydrogen-bond donors (Lipinski definition) is 2. The van der Waals surface area contributed by atoms with E-state index >= 15 is 0 Å². The first-order valence-electron chi connectivity index (χ1n) is 8.43. The number of nitrogens with zero attached hydrogens (tertiary/aromatic N) is 1. The molecular formula is C17H24N3O2S+.